The molecule has 0 unspecified atom stereocenters. The Morgan fingerprint density at radius 2 is 1.94 bits per heavy atom. The Hall–Kier alpha value is -1.85. The third-order valence-electron chi connectivity index (χ3n) is 4.86. The van der Waals surface area contributed by atoms with E-state index < -0.39 is 13.7 Å². The van der Waals surface area contributed by atoms with E-state index in [1.54, 1.807) is 22.9 Å². The number of hydrogen-bond acceptors (Lipinski definition) is 8. The number of oxazole rings is 1. The molecule has 8 nitrogen and oxygen atoms in total. The molecule has 0 radical (unpaired) electrons. The van der Waals surface area contributed by atoms with Crippen molar-refractivity contribution < 1.29 is 18.7 Å². The van der Waals surface area contributed by atoms with Crippen molar-refractivity contribution in [2.24, 2.45) is 5.92 Å². The van der Waals surface area contributed by atoms with E-state index in [0.717, 1.165) is 9.59 Å². The quantitative estimate of drug-likeness (QED) is 0.463. The van der Waals surface area contributed by atoms with Gasteiger partial charge in [-0.15, -0.1) is 11.8 Å². The van der Waals surface area contributed by atoms with E-state index in [1.807, 2.05) is 27.0 Å². The predicted octanol–water partition coefficient (Wildman–Crippen LogP) is 4.55. The van der Waals surface area contributed by atoms with Gasteiger partial charge < -0.3 is 19.4 Å². The lowest BCUT2D eigenvalue weighted by molar-refractivity contribution is -0.121. The zero-order valence-corrected chi connectivity index (χ0v) is 22.2. The molecule has 2 aromatic heterocycles. The van der Waals surface area contributed by atoms with Gasteiger partial charge in [0.15, 0.2) is 5.13 Å². The number of thiazole rings is 1. The van der Waals surface area contributed by atoms with Gasteiger partial charge in [0.25, 0.3) is 0 Å². The number of ether oxygens (including phenoxy) is 1. The van der Waals surface area contributed by atoms with Gasteiger partial charge in [0, 0.05) is 19.0 Å². The van der Waals surface area contributed by atoms with Crippen LogP contribution in [0.5, 0.6) is 0 Å². The summed E-state index contributed by atoms with van der Waals surface area (Å²) < 4.78 is 12.3. The average Bonchev–Trinajstić information content (AvgIpc) is 3.34. The largest absolute Gasteiger partial charge is 0.450 e. The van der Waals surface area contributed by atoms with Gasteiger partial charge in [-0.1, -0.05) is 31.0 Å². The fraction of sp³-hybridized carbons (Fsp3) is 0.619. The Kier molecular flexibility index (Phi) is 7.71. The summed E-state index contributed by atoms with van der Waals surface area (Å²) in [4.78, 5) is 35.2. The molecule has 1 saturated heterocycles. The molecule has 32 heavy (non-hydrogen) atoms. The lowest BCUT2D eigenvalue weighted by Crippen LogP contribution is -2.43. The number of hydrogen-bond donors (Lipinski definition) is 1. The molecular weight excluding hydrogens is 464 g/mol. The molecule has 11 heteroatoms. The predicted molar refractivity (Wildman–Crippen MR) is 130 cm³/mol. The maximum Gasteiger partial charge on any atom is 0.410 e. The van der Waals surface area contributed by atoms with Crippen molar-refractivity contribution in [1.82, 2.24) is 14.9 Å². The van der Waals surface area contributed by atoms with Crippen LogP contribution in [0, 0.1) is 5.92 Å². The molecule has 2 aromatic rings. The number of anilines is 1. The van der Waals surface area contributed by atoms with Gasteiger partial charge in [0.2, 0.25) is 11.8 Å². The summed E-state index contributed by atoms with van der Waals surface area (Å²) in [5.41, 5.74) is -0.518. The lowest BCUT2D eigenvalue weighted by atomic mass is 9.96. The Balaban J connectivity index is 1.45. The van der Waals surface area contributed by atoms with Gasteiger partial charge in [0.1, 0.15) is 19.1 Å². The maximum atomic E-state index is 12.7. The first-order valence-electron chi connectivity index (χ1n) is 10.7. The molecule has 0 aliphatic carbocycles. The Bertz CT molecular complexity index is 940. The van der Waals surface area contributed by atoms with E-state index >= 15 is 0 Å². The summed E-state index contributed by atoms with van der Waals surface area (Å²) in [6.45, 7) is 13.3. The highest BCUT2D eigenvalue weighted by molar-refractivity contribution is 8.00. The molecule has 0 aromatic carbocycles. The molecule has 3 rings (SSSR count). The van der Waals surface area contributed by atoms with Crippen molar-refractivity contribution in [2.75, 3.05) is 18.4 Å². The van der Waals surface area contributed by atoms with Gasteiger partial charge in [0.05, 0.1) is 22.4 Å². The zero-order chi connectivity index (χ0) is 23.5. The lowest BCUT2D eigenvalue weighted by Gasteiger charge is -2.32. The second kappa shape index (κ2) is 9.96. The summed E-state index contributed by atoms with van der Waals surface area (Å²) in [5.74, 6) is 1.15. The summed E-state index contributed by atoms with van der Waals surface area (Å²) in [6, 6.07) is 0. The monoisotopic (exact) mass is 496 g/mol. The molecule has 3 heterocycles. The molecule has 0 bridgehead atoms. The molecule has 0 atom stereocenters. The number of likely N-dealkylation sites (tertiary alicyclic amines) is 1. The van der Waals surface area contributed by atoms with Gasteiger partial charge in [-0.2, -0.15) is 0 Å². The number of aromatic nitrogens is 2. The molecule has 1 fully saturated rings. The van der Waals surface area contributed by atoms with Crippen molar-refractivity contribution in [3.63, 3.8) is 0 Å². The molecular formula is C21H32N4O4S2Si. The molecule has 1 aliphatic rings. The SMILES string of the molecule is CC(C)(C)OC(=O)N1CCC(C(=O)Nc2ncc(SCc3ncc([Si](C)(C)C)o3)s2)CC1. The number of piperidine rings is 1. The van der Waals surface area contributed by atoms with E-state index in [9.17, 15) is 9.59 Å². The van der Waals surface area contributed by atoms with Crippen molar-refractivity contribution in [3.8, 4) is 0 Å². The fourth-order valence-electron chi connectivity index (χ4n) is 3.10. The zero-order valence-electron chi connectivity index (χ0n) is 19.6. The first-order valence-corrected chi connectivity index (χ1v) is 16.0. The number of nitrogens with one attached hydrogen (secondary N) is 1. The first kappa shape index (κ1) is 24.8. The van der Waals surface area contributed by atoms with E-state index in [2.05, 4.69) is 34.9 Å². The Morgan fingerprint density at radius 3 is 2.53 bits per heavy atom. The summed E-state index contributed by atoms with van der Waals surface area (Å²) in [6.07, 6.45) is 4.51. The van der Waals surface area contributed by atoms with Crippen molar-refractivity contribution in [2.45, 2.75) is 68.8 Å². The second-order valence-electron chi connectivity index (χ2n) is 9.87. The number of nitrogens with zero attached hydrogens (tertiary/aromatic N) is 3. The minimum absolute atomic E-state index is 0.0489. The van der Waals surface area contributed by atoms with Crippen molar-refractivity contribution in [3.05, 3.63) is 18.3 Å². The van der Waals surface area contributed by atoms with Crippen LogP contribution in [0.4, 0.5) is 9.93 Å². The Labute approximate surface area is 198 Å². The van der Waals surface area contributed by atoms with Crippen LogP contribution in [0.3, 0.4) is 0 Å². The van der Waals surface area contributed by atoms with Gasteiger partial charge in [-0.05, 0) is 33.6 Å². The molecule has 176 valence electrons. The number of amides is 2. The van der Waals surface area contributed by atoms with E-state index in [-0.39, 0.29) is 17.9 Å². The minimum atomic E-state index is -1.50. The van der Waals surface area contributed by atoms with Crippen LogP contribution in [0.2, 0.25) is 19.6 Å². The standard InChI is InChI=1S/C21H32N4O4S2Si/c1-21(2,3)29-20(27)25-9-7-14(8-10-25)18(26)24-19-23-12-17(31-19)30-13-15-22-11-16(28-15)32(4,5)6/h11-12,14H,7-10,13H2,1-6H3,(H,23,24,26). The normalized spacial score (nSPS) is 15.6. The van der Waals surface area contributed by atoms with Crippen LogP contribution in [0.15, 0.2) is 21.0 Å². The fourth-order valence-corrected chi connectivity index (χ4v) is 5.70. The highest BCUT2D eigenvalue weighted by atomic mass is 32.2. The number of carbonyl (C=O) groups is 2. The second-order valence-corrected chi connectivity index (χ2v) is 17.2. The van der Waals surface area contributed by atoms with Crippen molar-refractivity contribution in [1.29, 1.82) is 0 Å². The topological polar surface area (TPSA) is 97.6 Å². The molecule has 0 spiro atoms. The molecule has 2 amide bonds. The number of rotatable bonds is 6. The van der Waals surface area contributed by atoms with Gasteiger partial charge in [-0.3, -0.25) is 4.79 Å². The maximum absolute atomic E-state index is 12.7. The van der Waals surface area contributed by atoms with Gasteiger partial charge in [-0.25, -0.2) is 14.8 Å². The number of thioether (sulfide) groups is 1. The minimum Gasteiger partial charge on any atom is -0.450 e. The molecule has 0 saturated carbocycles. The van der Waals surface area contributed by atoms with Crippen LogP contribution in [-0.2, 0) is 15.3 Å². The van der Waals surface area contributed by atoms with Crippen LogP contribution >= 0.6 is 23.1 Å². The first-order chi connectivity index (χ1) is 14.9. The van der Waals surface area contributed by atoms with E-state index in [4.69, 9.17) is 9.15 Å². The highest BCUT2D eigenvalue weighted by Crippen LogP contribution is 2.31. The summed E-state index contributed by atoms with van der Waals surface area (Å²) in [5, 5.41) is 4.51. The van der Waals surface area contributed by atoms with Crippen LogP contribution in [-0.4, -0.2) is 53.6 Å². The van der Waals surface area contributed by atoms with E-state index in [0.29, 0.717) is 42.7 Å². The summed E-state index contributed by atoms with van der Waals surface area (Å²) >= 11 is 3.04. The molecule has 1 N–H and O–H groups in total. The van der Waals surface area contributed by atoms with Crippen molar-refractivity contribution >= 4 is 53.7 Å². The summed E-state index contributed by atoms with van der Waals surface area (Å²) in [7, 11) is -1.50. The van der Waals surface area contributed by atoms with Crippen LogP contribution < -0.4 is 10.7 Å². The third-order valence-corrected chi connectivity index (χ3v) is 8.66. The van der Waals surface area contributed by atoms with E-state index in [1.165, 1.54) is 11.3 Å². The van der Waals surface area contributed by atoms with Crippen LogP contribution in [0.25, 0.3) is 0 Å². The average molecular weight is 497 g/mol. The number of carbonyl (C=O) groups excluding carboxylic acids is 2. The third kappa shape index (κ3) is 7.07. The van der Waals surface area contributed by atoms with Gasteiger partial charge >= 0.3 is 6.09 Å². The molecule has 1 aliphatic heterocycles. The Morgan fingerprint density at radius 1 is 1.25 bits per heavy atom. The highest BCUT2D eigenvalue weighted by Gasteiger charge is 2.30. The van der Waals surface area contributed by atoms with Crippen LogP contribution in [0.1, 0.15) is 39.5 Å². The smallest absolute Gasteiger partial charge is 0.410 e.